The van der Waals surface area contributed by atoms with Crippen molar-refractivity contribution in [3.8, 4) is 5.75 Å². The number of nitrogens with two attached hydrogens (primary N) is 1. The third-order valence-corrected chi connectivity index (χ3v) is 4.84. The molecule has 1 aliphatic rings. The van der Waals surface area contributed by atoms with Crippen LogP contribution in [0.5, 0.6) is 5.75 Å². The Kier molecular flexibility index (Phi) is 5.01. The Hall–Kier alpha value is -3.28. The van der Waals surface area contributed by atoms with E-state index in [1.54, 1.807) is 28.8 Å². The number of rotatable bonds is 5. The lowest BCUT2D eigenvalue weighted by Gasteiger charge is -2.23. The number of hydrogen-bond acceptors (Lipinski definition) is 9. The zero-order valence-corrected chi connectivity index (χ0v) is 15.5. The van der Waals surface area contributed by atoms with Gasteiger partial charge in [-0.2, -0.15) is 0 Å². The van der Waals surface area contributed by atoms with Crippen LogP contribution in [-0.2, 0) is 4.74 Å². The van der Waals surface area contributed by atoms with Crippen molar-refractivity contribution in [2.75, 3.05) is 19.5 Å². The number of carbonyl (C=O) groups is 1. The third-order valence-electron chi connectivity index (χ3n) is 4.84. The highest BCUT2D eigenvalue weighted by molar-refractivity contribution is 5.94. The van der Waals surface area contributed by atoms with Crippen molar-refractivity contribution in [2.45, 2.75) is 24.5 Å². The number of benzene rings is 1. The van der Waals surface area contributed by atoms with Crippen LogP contribution in [0.2, 0.25) is 0 Å². The molecule has 1 amide bonds. The summed E-state index contributed by atoms with van der Waals surface area (Å²) in [6.07, 6.45) is -0.189. The number of aliphatic hydroxyl groups is 2. The van der Waals surface area contributed by atoms with Gasteiger partial charge in [0.05, 0.1) is 20.0 Å². The SMILES string of the molecule is COc1cccc(C(=O)NC2[C@H](n3cnc4c(N)ncnc43)O[C@H](CO)[C@H]2O)c1. The molecule has 3 heterocycles. The fourth-order valence-electron chi connectivity index (χ4n) is 3.35. The van der Waals surface area contributed by atoms with Crippen LogP contribution in [0.15, 0.2) is 36.9 Å². The van der Waals surface area contributed by atoms with Crippen molar-refractivity contribution < 1.29 is 24.5 Å². The van der Waals surface area contributed by atoms with Gasteiger partial charge in [0.15, 0.2) is 17.7 Å². The number of aromatic nitrogens is 4. The molecule has 11 heteroatoms. The van der Waals surface area contributed by atoms with E-state index < -0.39 is 37.0 Å². The topological polar surface area (TPSA) is 158 Å². The average Bonchev–Trinajstić information content (AvgIpc) is 3.30. The van der Waals surface area contributed by atoms with Gasteiger partial charge in [-0.1, -0.05) is 6.07 Å². The summed E-state index contributed by atoms with van der Waals surface area (Å²) < 4.78 is 12.5. The molecule has 152 valence electrons. The molecule has 4 atom stereocenters. The molecular formula is C18H20N6O5. The molecule has 5 N–H and O–H groups in total. The number of hydrogen-bond donors (Lipinski definition) is 4. The van der Waals surface area contributed by atoms with E-state index in [0.29, 0.717) is 22.5 Å². The molecule has 1 fully saturated rings. The fraction of sp³-hybridized carbons (Fsp3) is 0.333. The summed E-state index contributed by atoms with van der Waals surface area (Å²) in [4.78, 5) is 25.0. The van der Waals surface area contributed by atoms with Gasteiger partial charge >= 0.3 is 0 Å². The molecule has 0 aliphatic carbocycles. The highest BCUT2D eigenvalue weighted by Crippen LogP contribution is 2.32. The summed E-state index contributed by atoms with van der Waals surface area (Å²) >= 11 is 0. The largest absolute Gasteiger partial charge is 0.497 e. The second-order valence-electron chi connectivity index (χ2n) is 6.55. The summed E-state index contributed by atoms with van der Waals surface area (Å²) in [7, 11) is 1.51. The number of fused-ring (bicyclic) bond motifs is 1. The van der Waals surface area contributed by atoms with E-state index in [9.17, 15) is 15.0 Å². The maximum absolute atomic E-state index is 12.8. The lowest BCUT2D eigenvalue weighted by molar-refractivity contribution is -0.0440. The number of carbonyl (C=O) groups excluding carboxylic acids is 1. The number of imidazole rings is 1. The van der Waals surface area contributed by atoms with Gasteiger partial charge in [-0.3, -0.25) is 9.36 Å². The summed E-state index contributed by atoms with van der Waals surface area (Å²) in [6, 6.07) is 5.73. The number of nitrogens with one attached hydrogen (secondary N) is 1. The van der Waals surface area contributed by atoms with E-state index in [4.69, 9.17) is 15.2 Å². The number of nitrogens with zero attached hydrogens (tertiary/aromatic N) is 4. The number of methoxy groups -OCH3 is 1. The molecule has 11 nitrogen and oxygen atoms in total. The number of nitrogen functional groups attached to an aromatic ring is 1. The van der Waals surface area contributed by atoms with Crippen LogP contribution in [0.3, 0.4) is 0 Å². The first-order valence-corrected chi connectivity index (χ1v) is 8.85. The fourth-order valence-corrected chi connectivity index (χ4v) is 3.35. The number of anilines is 1. The predicted molar refractivity (Wildman–Crippen MR) is 101 cm³/mol. The molecule has 1 aromatic carbocycles. The molecule has 0 bridgehead atoms. The minimum Gasteiger partial charge on any atom is -0.497 e. The Morgan fingerprint density at radius 1 is 1.38 bits per heavy atom. The molecule has 1 aliphatic heterocycles. The van der Waals surface area contributed by atoms with Gasteiger partial charge in [-0.05, 0) is 18.2 Å². The second-order valence-corrected chi connectivity index (χ2v) is 6.55. The maximum Gasteiger partial charge on any atom is 0.251 e. The van der Waals surface area contributed by atoms with E-state index in [-0.39, 0.29) is 5.82 Å². The van der Waals surface area contributed by atoms with Gasteiger partial charge in [-0.15, -0.1) is 0 Å². The number of aliphatic hydroxyl groups excluding tert-OH is 2. The lowest BCUT2D eigenvalue weighted by atomic mass is 10.1. The highest BCUT2D eigenvalue weighted by atomic mass is 16.5. The molecule has 29 heavy (non-hydrogen) atoms. The molecule has 0 saturated carbocycles. The normalized spacial score (nSPS) is 24.0. The van der Waals surface area contributed by atoms with Crippen molar-refractivity contribution in [3.63, 3.8) is 0 Å². The first-order chi connectivity index (χ1) is 14.0. The minimum atomic E-state index is -1.16. The number of ether oxygens (including phenoxy) is 2. The Balaban J connectivity index is 1.67. The summed E-state index contributed by atoms with van der Waals surface area (Å²) in [5, 5.41) is 23.0. The van der Waals surface area contributed by atoms with Crippen molar-refractivity contribution in [2.24, 2.45) is 0 Å². The smallest absolute Gasteiger partial charge is 0.251 e. The Morgan fingerprint density at radius 3 is 2.97 bits per heavy atom. The van der Waals surface area contributed by atoms with Crippen molar-refractivity contribution >= 4 is 22.9 Å². The van der Waals surface area contributed by atoms with Crippen LogP contribution in [0, 0.1) is 0 Å². The zero-order chi connectivity index (χ0) is 20.5. The van der Waals surface area contributed by atoms with Gasteiger partial charge in [0, 0.05) is 5.56 Å². The number of amides is 1. The van der Waals surface area contributed by atoms with Crippen molar-refractivity contribution in [3.05, 3.63) is 42.5 Å². The van der Waals surface area contributed by atoms with E-state index in [0.717, 1.165) is 0 Å². The molecule has 1 saturated heterocycles. The van der Waals surface area contributed by atoms with Gasteiger partial charge in [0.1, 0.15) is 35.8 Å². The Bertz CT molecular complexity index is 1040. The van der Waals surface area contributed by atoms with Gasteiger partial charge < -0.3 is 30.7 Å². The Labute approximate surface area is 165 Å². The summed E-state index contributed by atoms with van der Waals surface area (Å²) in [5.74, 6) is 0.292. The van der Waals surface area contributed by atoms with Gasteiger partial charge in [0.2, 0.25) is 0 Å². The van der Waals surface area contributed by atoms with Crippen molar-refractivity contribution in [1.82, 2.24) is 24.8 Å². The molecule has 1 unspecified atom stereocenters. The molecule has 0 radical (unpaired) electrons. The minimum absolute atomic E-state index is 0.197. The zero-order valence-electron chi connectivity index (χ0n) is 15.5. The summed E-state index contributed by atoms with van der Waals surface area (Å²) in [6.45, 7) is -0.424. The molecule has 4 rings (SSSR count). The van der Waals surface area contributed by atoms with Gasteiger partial charge in [0.25, 0.3) is 5.91 Å². The molecule has 3 aromatic rings. The second kappa shape index (κ2) is 7.62. The van der Waals surface area contributed by atoms with Crippen LogP contribution in [-0.4, -0.2) is 67.6 Å². The van der Waals surface area contributed by atoms with E-state index in [1.165, 1.54) is 19.8 Å². The average molecular weight is 400 g/mol. The third kappa shape index (κ3) is 3.35. The highest BCUT2D eigenvalue weighted by Gasteiger charge is 2.45. The van der Waals surface area contributed by atoms with Crippen LogP contribution < -0.4 is 15.8 Å². The molecule has 2 aromatic heterocycles. The van der Waals surface area contributed by atoms with E-state index >= 15 is 0 Å². The predicted octanol–water partition coefficient (Wildman–Crippen LogP) is -0.534. The van der Waals surface area contributed by atoms with Crippen LogP contribution in [0.4, 0.5) is 5.82 Å². The maximum atomic E-state index is 12.8. The molecule has 0 spiro atoms. The van der Waals surface area contributed by atoms with E-state index in [2.05, 4.69) is 20.3 Å². The van der Waals surface area contributed by atoms with Crippen LogP contribution in [0.1, 0.15) is 16.6 Å². The van der Waals surface area contributed by atoms with Crippen LogP contribution >= 0.6 is 0 Å². The monoisotopic (exact) mass is 400 g/mol. The standard InChI is InChI=1S/C18H20N6O5/c1-28-10-4-2-3-9(5-10)17(27)23-12-14(26)11(6-25)29-18(12)24-8-22-13-15(19)20-7-21-16(13)24/h2-5,7-8,11-12,14,18,25-26H,6H2,1H3,(H,23,27)(H2,19,20,21)/t11-,12?,14-,18-/m1/s1. The van der Waals surface area contributed by atoms with Crippen molar-refractivity contribution in [1.29, 1.82) is 0 Å². The Morgan fingerprint density at radius 2 is 2.21 bits per heavy atom. The van der Waals surface area contributed by atoms with E-state index in [1.807, 2.05) is 0 Å². The van der Waals surface area contributed by atoms with Crippen LogP contribution in [0.25, 0.3) is 11.2 Å². The first-order valence-electron chi connectivity index (χ1n) is 8.85. The first kappa shape index (κ1) is 19.1. The summed E-state index contributed by atoms with van der Waals surface area (Å²) in [5.41, 5.74) is 6.94. The van der Waals surface area contributed by atoms with Gasteiger partial charge in [-0.25, -0.2) is 15.0 Å². The quantitative estimate of drug-likeness (QED) is 0.442. The lowest BCUT2D eigenvalue weighted by Crippen LogP contribution is -2.46. The molecular weight excluding hydrogens is 380 g/mol.